The molecule has 3 heterocycles. The highest BCUT2D eigenvalue weighted by molar-refractivity contribution is 6.42. The van der Waals surface area contributed by atoms with Crippen molar-refractivity contribution in [3.05, 3.63) is 39.9 Å². The third kappa shape index (κ3) is 5.90. The Morgan fingerprint density at radius 3 is 2.39 bits per heavy atom. The fraction of sp³-hybridized carbons (Fsp3) is 0.480. The van der Waals surface area contributed by atoms with Crippen molar-refractivity contribution in [2.45, 2.75) is 32.1 Å². The molecule has 5 amide bonds. The van der Waals surface area contributed by atoms with Gasteiger partial charge in [0.15, 0.2) is 0 Å². The summed E-state index contributed by atoms with van der Waals surface area (Å²) >= 11 is 11.9. The number of carbonyl (C=O) groups excluding carboxylic acids is 5. The monoisotopic (exact) mass is 534 g/mol. The molecule has 36 heavy (non-hydrogen) atoms. The van der Waals surface area contributed by atoms with E-state index in [2.05, 4.69) is 5.32 Å². The molecule has 192 valence electrons. The van der Waals surface area contributed by atoms with Crippen LogP contribution in [-0.4, -0.2) is 83.5 Å². The van der Waals surface area contributed by atoms with Crippen LogP contribution in [0.4, 0.5) is 0 Å². The highest BCUT2D eigenvalue weighted by Crippen LogP contribution is 2.38. The Bertz CT molecular complexity index is 1110. The van der Waals surface area contributed by atoms with Crippen LogP contribution in [-0.2, 0) is 24.0 Å². The van der Waals surface area contributed by atoms with E-state index in [0.717, 1.165) is 5.56 Å². The van der Waals surface area contributed by atoms with Gasteiger partial charge in [0.25, 0.3) is 0 Å². The van der Waals surface area contributed by atoms with Gasteiger partial charge >= 0.3 is 0 Å². The SMILES string of the molecule is O=C1CC2(CCN(C(=O)CCN3CCN(C(=O)/C=C/c4ccc(Cl)c(Cl)c4)CCC3=O)CC2)C(=O)N1. The van der Waals surface area contributed by atoms with E-state index in [0.29, 0.717) is 55.6 Å². The van der Waals surface area contributed by atoms with E-state index >= 15 is 0 Å². The molecule has 1 aromatic carbocycles. The van der Waals surface area contributed by atoms with Gasteiger partial charge in [0, 0.05) is 64.6 Å². The second kappa shape index (κ2) is 11.0. The Balaban J connectivity index is 1.24. The minimum atomic E-state index is -0.682. The summed E-state index contributed by atoms with van der Waals surface area (Å²) in [5, 5.41) is 3.20. The summed E-state index contributed by atoms with van der Waals surface area (Å²) < 4.78 is 0. The number of imide groups is 1. The first-order valence-electron chi connectivity index (χ1n) is 12.0. The molecular formula is C25H28Cl2N4O5. The van der Waals surface area contributed by atoms with E-state index in [1.165, 1.54) is 6.08 Å². The molecule has 0 radical (unpaired) electrons. The summed E-state index contributed by atoms with van der Waals surface area (Å²) in [6.45, 7) is 2.15. The lowest BCUT2D eigenvalue weighted by molar-refractivity contribution is -0.139. The summed E-state index contributed by atoms with van der Waals surface area (Å²) in [6.07, 6.45) is 4.59. The van der Waals surface area contributed by atoms with Crippen molar-refractivity contribution < 1.29 is 24.0 Å². The number of carbonyl (C=O) groups is 5. The summed E-state index contributed by atoms with van der Waals surface area (Å²) in [5.41, 5.74) is 0.0615. The van der Waals surface area contributed by atoms with Gasteiger partial charge < -0.3 is 14.7 Å². The quantitative estimate of drug-likeness (QED) is 0.459. The van der Waals surface area contributed by atoms with Crippen molar-refractivity contribution in [1.82, 2.24) is 20.0 Å². The van der Waals surface area contributed by atoms with E-state index in [1.807, 2.05) is 0 Å². The van der Waals surface area contributed by atoms with Crippen LogP contribution in [0.3, 0.4) is 0 Å². The predicted molar refractivity (Wildman–Crippen MR) is 134 cm³/mol. The number of nitrogens with zero attached hydrogens (tertiary/aromatic N) is 3. The van der Waals surface area contributed by atoms with Crippen molar-refractivity contribution in [3.8, 4) is 0 Å². The number of hydrogen-bond acceptors (Lipinski definition) is 5. The van der Waals surface area contributed by atoms with Gasteiger partial charge in [-0.25, -0.2) is 0 Å². The van der Waals surface area contributed by atoms with Crippen LogP contribution in [0.5, 0.6) is 0 Å². The number of halogens is 2. The summed E-state index contributed by atoms with van der Waals surface area (Å²) in [4.78, 5) is 66.7. The molecule has 3 aliphatic rings. The standard InChI is InChI=1S/C25H28Cl2N4O5/c26-18-3-1-17(15-19(18)27)2-4-21(33)29-9-5-22(34)30(14-13-29)10-6-23(35)31-11-7-25(8-12-31)16-20(32)28-24(25)36/h1-4,15H,5-14,16H2,(H,28,32,36)/b4-2+. The lowest BCUT2D eigenvalue weighted by Crippen LogP contribution is -2.47. The highest BCUT2D eigenvalue weighted by atomic mass is 35.5. The second-order valence-corrected chi connectivity index (χ2v) is 10.2. The van der Waals surface area contributed by atoms with Gasteiger partial charge in [-0.05, 0) is 36.6 Å². The lowest BCUT2D eigenvalue weighted by atomic mass is 9.77. The van der Waals surface area contributed by atoms with Crippen LogP contribution < -0.4 is 5.32 Å². The molecule has 0 aliphatic carbocycles. The lowest BCUT2D eigenvalue weighted by Gasteiger charge is -2.37. The third-order valence-electron chi connectivity index (χ3n) is 7.16. The first-order valence-corrected chi connectivity index (χ1v) is 12.7. The van der Waals surface area contributed by atoms with E-state index in [9.17, 15) is 24.0 Å². The van der Waals surface area contributed by atoms with Gasteiger partial charge in [0.2, 0.25) is 29.5 Å². The second-order valence-electron chi connectivity index (χ2n) is 9.43. The molecular weight excluding hydrogens is 507 g/mol. The van der Waals surface area contributed by atoms with Crippen LogP contribution in [0, 0.1) is 5.41 Å². The molecule has 11 heteroatoms. The average Bonchev–Trinajstić information content (AvgIpc) is 3.00. The molecule has 9 nitrogen and oxygen atoms in total. The van der Waals surface area contributed by atoms with Gasteiger partial charge in [0.1, 0.15) is 0 Å². The summed E-state index contributed by atoms with van der Waals surface area (Å²) in [7, 11) is 0. The van der Waals surface area contributed by atoms with Crippen molar-refractivity contribution in [3.63, 3.8) is 0 Å². The maximum Gasteiger partial charge on any atom is 0.246 e. The fourth-order valence-electron chi connectivity index (χ4n) is 4.88. The number of piperidine rings is 1. The fourth-order valence-corrected chi connectivity index (χ4v) is 5.19. The largest absolute Gasteiger partial charge is 0.343 e. The molecule has 3 saturated heterocycles. The molecule has 0 saturated carbocycles. The topological polar surface area (TPSA) is 107 Å². The van der Waals surface area contributed by atoms with Crippen molar-refractivity contribution in [1.29, 1.82) is 0 Å². The van der Waals surface area contributed by atoms with E-state index < -0.39 is 5.41 Å². The van der Waals surface area contributed by atoms with Crippen LogP contribution in [0.15, 0.2) is 24.3 Å². The highest BCUT2D eigenvalue weighted by Gasteiger charge is 2.48. The average molecular weight is 535 g/mol. The van der Waals surface area contributed by atoms with Gasteiger partial charge in [-0.2, -0.15) is 0 Å². The van der Waals surface area contributed by atoms with Crippen molar-refractivity contribution >= 4 is 58.8 Å². The first kappa shape index (κ1) is 26.2. The molecule has 0 bridgehead atoms. The van der Waals surface area contributed by atoms with Gasteiger partial charge in [0.05, 0.1) is 15.5 Å². The van der Waals surface area contributed by atoms with Crippen LogP contribution in [0.2, 0.25) is 10.0 Å². The molecule has 0 aromatic heterocycles. The van der Waals surface area contributed by atoms with Gasteiger partial charge in [-0.1, -0.05) is 29.3 Å². The van der Waals surface area contributed by atoms with Crippen LogP contribution >= 0.6 is 23.2 Å². The first-order chi connectivity index (χ1) is 17.2. The molecule has 0 unspecified atom stereocenters. The Morgan fingerprint density at radius 2 is 1.72 bits per heavy atom. The number of benzene rings is 1. The number of amides is 5. The Morgan fingerprint density at radius 1 is 0.972 bits per heavy atom. The summed E-state index contributed by atoms with van der Waals surface area (Å²) in [5.74, 6) is -0.865. The Kier molecular flexibility index (Phi) is 8.00. The molecule has 1 N–H and O–H groups in total. The van der Waals surface area contributed by atoms with Crippen molar-refractivity contribution in [2.24, 2.45) is 5.41 Å². The molecule has 3 aliphatic heterocycles. The minimum Gasteiger partial charge on any atom is -0.343 e. The molecule has 4 rings (SSSR count). The molecule has 3 fully saturated rings. The number of rotatable bonds is 5. The zero-order valence-electron chi connectivity index (χ0n) is 19.8. The van der Waals surface area contributed by atoms with Crippen LogP contribution in [0.1, 0.15) is 37.7 Å². The van der Waals surface area contributed by atoms with Gasteiger partial charge in [-0.15, -0.1) is 0 Å². The van der Waals surface area contributed by atoms with Crippen molar-refractivity contribution in [2.75, 3.05) is 39.3 Å². The zero-order valence-corrected chi connectivity index (χ0v) is 21.3. The number of likely N-dealkylation sites (tertiary alicyclic amines) is 1. The molecule has 1 spiro atoms. The van der Waals surface area contributed by atoms with Gasteiger partial charge in [-0.3, -0.25) is 29.3 Å². The zero-order chi connectivity index (χ0) is 25.9. The Hall–Kier alpha value is -2.91. The van der Waals surface area contributed by atoms with Crippen LogP contribution in [0.25, 0.3) is 6.08 Å². The minimum absolute atomic E-state index is 0.0795. The molecule has 0 atom stereocenters. The van der Waals surface area contributed by atoms with E-state index in [1.54, 1.807) is 39.0 Å². The van der Waals surface area contributed by atoms with E-state index in [-0.39, 0.29) is 55.3 Å². The maximum atomic E-state index is 12.7. The number of nitrogens with one attached hydrogen (secondary N) is 1. The Labute approximate surface area is 219 Å². The predicted octanol–water partition coefficient (Wildman–Crippen LogP) is 2.11. The van der Waals surface area contributed by atoms with E-state index in [4.69, 9.17) is 23.2 Å². The number of hydrogen-bond donors (Lipinski definition) is 1. The summed E-state index contributed by atoms with van der Waals surface area (Å²) in [6, 6.07) is 5.08. The third-order valence-corrected chi connectivity index (χ3v) is 7.90. The normalized spacial score (nSPS) is 20.3. The maximum absolute atomic E-state index is 12.7. The smallest absolute Gasteiger partial charge is 0.246 e. The molecule has 1 aromatic rings.